The van der Waals surface area contributed by atoms with Crippen LogP contribution in [0.2, 0.25) is 0 Å². The van der Waals surface area contributed by atoms with Crippen molar-refractivity contribution in [1.82, 2.24) is 20.0 Å². The summed E-state index contributed by atoms with van der Waals surface area (Å²) < 4.78 is 28.7. The number of hydrogen-bond donors (Lipinski definition) is 1. The number of aromatic nitrogens is 3. The molecule has 1 saturated heterocycles. The molecule has 0 radical (unpaired) electrons. The third kappa shape index (κ3) is 3.40. The number of likely N-dealkylation sites (tertiary alicyclic amines) is 1. The Morgan fingerprint density at radius 3 is 2.55 bits per heavy atom. The number of benzene rings is 1. The van der Waals surface area contributed by atoms with Gasteiger partial charge in [0, 0.05) is 49.7 Å². The van der Waals surface area contributed by atoms with Crippen LogP contribution in [-0.2, 0) is 20.2 Å². The third-order valence-corrected chi connectivity index (χ3v) is 5.71. The van der Waals surface area contributed by atoms with Gasteiger partial charge in [0.1, 0.15) is 5.69 Å². The summed E-state index contributed by atoms with van der Waals surface area (Å²) in [6.45, 7) is 0.428. The predicted molar refractivity (Wildman–Crippen MR) is 102 cm³/mol. The smallest absolute Gasteiger partial charge is 0.262 e. The molecule has 1 fully saturated rings. The summed E-state index contributed by atoms with van der Waals surface area (Å²) in [5, 5.41) is 14.4. The van der Waals surface area contributed by atoms with Gasteiger partial charge in [-0.2, -0.15) is 0 Å². The van der Waals surface area contributed by atoms with Gasteiger partial charge >= 0.3 is 0 Å². The second-order valence-electron chi connectivity index (χ2n) is 6.99. The monoisotopic (exact) mass is 414 g/mol. The summed E-state index contributed by atoms with van der Waals surface area (Å²) in [7, 11) is -1.91. The maximum absolute atomic E-state index is 12.3. The van der Waals surface area contributed by atoms with Crippen molar-refractivity contribution in [2.75, 3.05) is 19.8 Å². The zero-order valence-corrected chi connectivity index (χ0v) is 16.5. The largest absolute Gasteiger partial charge is 0.373 e. The van der Waals surface area contributed by atoms with E-state index in [-0.39, 0.29) is 17.3 Å². The van der Waals surface area contributed by atoms with E-state index in [9.17, 15) is 18.3 Å². The second kappa shape index (κ2) is 6.75. The summed E-state index contributed by atoms with van der Waals surface area (Å²) >= 11 is 0. The number of carbonyl (C=O) groups excluding carboxylic acids is 1. The summed E-state index contributed by atoms with van der Waals surface area (Å²) in [4.78, 5) is 21.6. The highest BCUT2D eigenvalue weighted by Gasteiger charge is 2.48. The number of rotatable bonds is 4. The van der Waals surface area contributed by atoms with E-state index in [1.54, 1.807) is 37.4 Å². The molecular weight excluding hydrogens is 396 g/mol. The lowest BCUT2D eigenvalue weighted by atomic mass is 9.98. The van der Waals surface area contributed by atoms with Crippen LogP contribution in [-0.4, -0.2) is 59.3 Å². The maximum Gasteiger partial charge on any atom is 0.262 e. The van der Waals surface area contributed by atoms with Crippen LogP contribution in [0.1, 0.15) is 12.2 Å². The van der Waals surface area contributed by atoms with Crippen LogP contribution in [0.15, 0.2) is 52.3 Å². The van der Waals surface area contributed by atoms with Gasteiger partial charge in [0.15, 0.2) is 5.76 Å². The highest BCUT2D eigenvalue weighted by Crippen LogP contribution is 2.35. The third-order valence-electron chi connectivity index (χ3n) is 4.85. The minimum Gasteiger partial charge on any atom is -0.373 e. The fourth-order valence-electron chi connectivity index (χ4n) is 3.21. The first-order valence-electron chi connectivity index (χ1n) is 8.77. The van der Waals surface area contributed by atoms with Gasteiger partial charge in [-0.25, -0.2) is 18.4 Å². The zero-order chi connectivity index (χ0) is 20.8. The standard InChI is InChI=1S/C19H18N4O5S/c1-23-9-7-19(25,17(23)24)16-11-15(22-28-16)13-5-3-4-12(10-13)14-6-8-20-18(21-14)29(2,26)27/h3-6,8,10-11,25H,7,9H2,1-2H3. The van der Waals surface area contributed by atoms with Crippen molar-refractivity contribution >= 4 is 15.7 Å². The van der Waals surface area contributed by atoms with Gasteiger partial charge in [0.25, 0.3) is 5.91 Å². The molecule has 1 atom stereocenters. The lowest BCUT2D eigenvalue weighted by Crippen LogP contribution is -2.35. The van der Waals surface area contributed by atoms with E-state index in [0.717, 1.165) is 6.26 Å². The van der Waals surface area contributed by atoms with E-state index >= 15 is 0 Å². The Hall–Kier alpha value is -3.11. The van der Waals surface area contributed by atoms with Crippen molar-refractivity contribution in [3.63, 3.8) is 0 Å². The van der Waals surface area contributed by atoms with Gasteiger partial charge in [0.05, 0.1) is 5.69 Å². The van der Waals surface area contributed by atoms with Crippen LogP contribution >= 0.6 is 0 Å². The molecule has 29 heavy (non-hydrogen) atoms. The summed E-state index contributed by atoms with van der Waals surface area (Å²) in [6, 6.07) is 10.3. The predicted octanol–water partition coefficient (Wildman–Crippen LogP) is 1.25. The van der Waals surface area contributed by atoms with E-state index in [2.05, 4.69) is 15.1 Å². The average Bonchev–Trinajstić information content (AvgIpc) is 3.30. The van der Waals surface area contributed by atoms with Crippen molar-refractivity contribution in [1.29, 1.82) is 0 Å². The molecule has 0 bridgehead atoms. The average molecular weight is 414 g/mol. The van der Waals surface area contributed by atoms with Gasteiger partial charge < -0.3 is 14.5 Å². The van der Waals surface area contributed by atoms with Crippen LogP contribution in [0, 0.1) is 0 Å². The first-order chi connectivity index (χ1) is 13.7. The van der Waals surface area contributed by atoms with Gasteiger partial charge in [0.2, 0.25) is 20.6 Å². The first-order valence-corrected chi connectivity index (χ1v) is 10.7. The Kier molecular flexibility index (Phi) is 4.47. The fourth-order valence-corrected chi connectivity index (χ4v) is 3.72. The molecule has 2 aromatic heterocycles. The van der Waals surface area contributed by atoms with Crippen LogP contribution < -0.4 is 0 Å². The number of hydrogen-bond acceptors (Lipinski definition) is 8. The molecule has 1 unspecified atom stereocenters. The second-order valence-corrected chi connectivity index (χ2v) is 8.90. The van der Waals surface area contributed by atoms with Gasteiger partial charge in [-0.15, -0.1) is 0 Å². The Bertz CT molecular complexity index is 1210. The van der Waals surface area contributed by atoms with Crippen LogP contribution in [0.3, 0.4) is 0 Å². The Morgan fingerprint density at radius 2 is 1.90 bits per heavy atom. The maximum atomic E-state index is 12.3. The van der Waals surface area contributed by atoms with Crippen molar-refractivity contribution in [3.05, 3.63) is 48.4 Å². The lowest BCUT2D eigenvalue weighted by molar-refractivity contribution is -0.144. The van der Waals surface area contributed by atoms with E-state index in [0.29, 0.717) is 29.1 Å². The molecule has 0 aliphatic carbocycles. The molecule has 1 aliphatic rings. The quantitative estimate of drug-likeness (QED) is 0.632. The lowest BCUT2D eigenvalue weighted by Gasteiger charge is -2.16. The van der Waals surface area contributed by atoms with Crippen molar-refractivity contribution in [3.8, 4) is 22.5 Å². The van der Waals surface area contributed by atoms with E-state index in [1.807, 2.05) is 0 Å². The normalized spacial score (nSPS) is 19.7. The number of sulfone groups is 1. The number of amides is 1. The molecule has 3 aromatic rings. The van der Waals surface area contributed by atoms with E-state index in [1.165, 1.54) is 17.2 Å². The minimum absolute atomic E-state index is 0.0913. The van der Waals surface area contributed by atoms with E-state index < -0.39 is 21.3 Å². The number of nitrogens with zero attached hydrogens (tertiary/aromatic N) is 4. The Morgan fingerprint density at radius 1 is 1.17 bits per heavy atom. The molecule has 0 saturated carbocycles. The molecule has 0 spiro atoms. The number of carbonyl (C=O) groups is 1. The molecular formula is C19H18N4O5S. The summed E-state index contributed by atoms with van der Waals surface area (Å²) in [5.74, 6) is -0.336. The SMILES string of the molecule is CN1CCC(O)(c2cc(-c3cccc(-c4ccnc(S(C)(=O)=O)n4)c3)no2)C1=O. The molecule has 1 aliphatic heterocycles. The van der Waals surface area contributed by atoms with Crippen molar-refractivity contribution < 1.29 is 22.8 Å². The van der Waals surface area contributed by atoms with Gasteiger partial charge in [-0.1, -0.05) is 23.4 Å². The minimum atomic E-state index is -3.53. The number of aliphatic hydroxyl groups is 1. The number of likely N-dealkylation sites (N-methyl/N-ethyl adjacent to an activating group) is 1. The molecule has 150 valence electrons. The first kappa shape index (κ1) is 19.2. The summed E-state index contributed by atoms with van der Waals surface area (Å²) in [6.07, 6.45) is 2.66. The zero-order valence-electron chi connectivity index (χ0n) is 15.7. The van der Waals surface area contributed by atoms with E-state index in [4.69, 9.17) is 4.52 Å². The highest BCUT2D eigenvalue weighted by atomic mass is 32.2. The van der Waals surface area contributed by atoms with Crippen molar-refractivity contribution in [2.45, 2.75) is 17.2 Å². The molecule has 1 amide bonds. The topological polar surface area (TPSA) is 126 Å². The highest BCUT2D eigenvalue weighted by molar-refractivity contribution is 7.90. The molecule has 10 heteroatoms. The Labute approximate surface area is 166 Å². The molecule has 1 aromatic carbocycles. The van der Waals surface area contributed by atoms with Gasteiger partial charge in [-0.05, 0) is 12.1 Å². The van der Waals surface area contributed by atoms with Crippen LogP contribution in [0.5, 0.6) is 0 Å². The fraction of sp³-hybridized carbons (Fsp3) is 0.263. The Balaban J connectivity index is 1.69. The van der Waals surface area contributed by atoms with Gasteiger partial charge in [-0.3, -0.25) is 4.79 Å². The van der Waals surface area contributed by atoms with Crippen LogP contribution in [0.4, 0.5) is 0 Å². The summed E-state index contributed by atoms with van der Waals surface area (Å²) in [5.41, 5.74) is 0.496. The molecule has 4 rings (SSSR count). The molecule has 9 nitrogen and oxygen atoms in total. The van der Waals surface area contributed by atoms with Crippen LogP contribution in [0.25, 0.3) is 22.5 Å². The molecule has 3 heterocycles. The van der Waals surface area contributed by atoms with Crippen molar-refractivity contribution in [2.24, 2.45) is 0 Å². The molecule has 1 N–H and O–H groups in total.